The van der Waals surface area contributed by atoms with Crippen molar-refractivity contribution in [2.75, 3.05) is 22.1 Å². The van der Waals surface area contributed by atoms with Gasteiger partial charge in [0, 0.05) is 18.7 Å². The fraction of sp³-hybridized carbons (Fsp3) is 0.174. The zero-order chi connectivity index (χ0) is 21.8. The number of carbonyl (C=O) groups is 3. The van der Waals surface area contributed by atoms with Crippen LogP contribution in [0.2, 0.25) is 0 Å². The maximum Gasteiger partial charge on any atom is 0.291 e. The molecule has 1 aliphatic heterocycles. The van der Waals surface area contributed by atoms with Crippen LogP contribution in [0.5, 0.6) is 0 Å². The van der Waals surface area contributed by atoms with Gasteiger partial charge >= 0.3 is 0 Å². The molecule has 0 saturated carbocycles. The number of amides is 3. The van der Waals surface area contributed by atoms with Gasteiger partial charge in [-0.2, -0.15) is 0 Å². The van der Waals surface area contributed by atoms with Gasteiger partial charge in [0.2, 0.25) is 11.8 Å². The number of para-hydroxylation sites is 2. The summed E-state index contributed by atoms with van der Waals surface area (Å²) < 4.78 is 5.71. The van der Waals surface area contributed by atoms with E-state index in [4.69, 9.17) is 4.42 Å². The van der Waals surface area contributed by atoms with Crippen LogP contribution < -0.4 is 15.5 Å². The molecule has 2 N–H and O–H groups in total. The first-order valence-electron chi connectivity index (χ1n) is 9.84. The first kappa shape index (κ1) is 20.9. The number of hydrogen-bond donors (Lipinski definition) is 2. The highest BCUT2D eigenvalue weighted by molar-refractivity contribution is 9.10. The van der Waals surface area contributed by atoms with Gasteiger partial charge in [0.05, 0.1) is 17.8 Å². The Morgan fingerprint density at radius 1 is 1.00 bits per heavy atom. The SMILES string of the molecule is O=C(Cc1ccc(NC(=O)c2ccc(Br)o2)cc1)Nc1ccccc1N1CCCC1=O. The highest BCUT2D eigenvalue weighted by atomic mass is 79.9. The van der Waals surface area contributed by atoms with Gasteiger partial charge < -0.3 is 20.0 Å². The van der Waals surface area contributed by atoms with Gasteiger partial charge in [0.1, 0.15) is 0 Å². The van der Waals surface area contributed by atoms with Crippen LogP contribution in [0.25, 0.3) is 0 Å². The van der Waals surface area contributed by atoms with Gasteiger partial charge in [-0.05, 0) is 64.3 Å². The first-order chi connectivity index (χ1) is 15.0. The summed E-state index contributed by atoms with van der Waals surface area (Å²) in [6.07, 6.45) is 1.52. The molecule has 1 saturated heterocycles. The Kier molecular flexibility index (Phi) is 6.18. The molecule has 2 aromatic carbocycles. The summed E-state index contributed by atoms with van der Waals surface area (Å²) in [7, 11) is 0. The number of benzene rings is 2. The van der Waals surface area contributed by atoms with Crippen molar-refractivity contribution in [1.82, 2.24) is 0 Å². The zero-order valence-electron chi connectivity index (χ0n) is 16.6. The summed E-state index contributed by atoms with van der Waals surface area (Å²) in [5.41, 5.74) is 2.74. The Labute approximate surface area is 187 Å². The Hall–Kier alpha value is -3.39. The molecule has 0 spiro atoms. The second-order valence-electron chi connectivity index (χ2n) is 7.15. The minimum Gasteiger partial charge on any atom is -0.444 e. The lowest BCUT2D eigenvalue weighted by atomic mass is 10.1. The molecule has 8 heteroatoms. The Bertz CT molecular complexity index is 1120. The van der Waals surface area contributed by atoms with Gasteiger partial charge in [-0.1, -0.05) is 24.3 Å². The molecule has 4 rings (SSSR count). The molecule has 158 valence electrons. The van der Waals surface area contributed by atoms with E-state index in [0.717, 1.165) is 17.7 Å². The molecule has 31 heavy (non-hydrogen) atoms. The average Bonchev–Trinajstić information content (AvgIpc) is 3.38. The summed E-state index contributed by atoms with van der Waals surface area (Å²) in [6.45, 7) is 0.661. The number of rotatable bonds is 6. The summed E-state index contributed by atoms with van der Waals surface area (Å²) in [6, 6.07) is 17.6. The van der Waals surface area contributed by atoms with Crippen molar-refractivity contribution in [3.05, 3.63) is 76.7 Å². The van der Waals surface area contributed by atoms with Gasteiger partial charge in [-0.25, -0.2) is 0 Å². The van der Waals surface area contributed by atoms with Crippen LogP contribution in [0.4, 0.5) is 17.1 Å². The third-order valence-electron chi connectivity index (χ3n) is 4.92. The van der Waals surface area contributed by atoms with Gasteiger partial charge in [-0.3, -0.25) is 14.4 Å². The van der Waals surface area contributed by atoms with Crippen molar-refractivity contribution >= 4 is 50.7 Å². The van der Waals surface area contributed by atoms with Crippen molar-refractivity contribution in [2.24, 2.45) is 0 Å². The summed E-state index contributed by atoms with van der Waals surface area (Å²) in [4.78, 5) is 38.5. The minimum absolute atomic E-state index is 0.0706. The zero-order valence-corrected chi connectivity index (χ0v) is 18.1. The highest BCUT2D eigenvalue weighted by Crippen LogP contribution is 2.29. The van der Waals surface area contributed by atoms with Crippen LogP contribution in [0.1, 0.15) is 29.0 Å². The molecule has 0 bridgehead atoms. The molecule has 0 atom stereocenters. The number of carbonyl (C=O) groups excluding carboxylic acids is 3. The van der Waals surface area contributed by atoms with Gasteiger partial charge in [0.15, 0.2) is 10.4 Å². The maximum absolute atomic E-state index is 12.6. The third-order valence-corrected chi connectivity index (χ3v) is 5.34. The van der Waals surface area contributed by atoms with E-state index in [2.05, 4.69) is 26.6 Å². The molecule has 1 fully saturated rings. The fourth-order valence-corrected chi connectivity index (χ4v) is 3.74. The summed E-state index contributed by atoms with van der Waals surface area (Å²) in [5.74, 6) is -0.271. The second-order valence-corrected chi connectivity index (χ2v) is 7.93. The van der Waals surface area contributed by atoms with E-state index in [1.54, 1.807) is 47.4 Å². The molecule has 2 heterocycles. The van der Waals surface area contributed by atoms with Crippen molar-refractivity contribution in [2.45, 2.75) is 19.3 Å². The number of nitrogens with one attached hydrogen (secondary N) is 2. The fourth-order valence-electron chi connectivity index (χ4n) is 3.43. The summed E-state index contributed by atoms with van der Waals surface area (Å²) >= 11 is 3.16. The predicted molar refractivity (Wildman–Crippen MR) is 121 cm³/mol. The van der Waals surface area contributed by atoms with Gasteiger partial charge in [-0.15, -0.1) is 0 Å². The third kappa shape index (κ3) is 5.03. The molecule has 3 amide bonds. The normalized spacial score (nSPS) is 13.3. The standard InChI is InChI=1S/C23H20BrN3O4/c24-20-12-11-19(31-20)23(30)25-16-9-7-15(8-10-16)14-21(28)26-17-4-1-2-5-18(17)27-13-3-6-22(27)29/h1-2,4-5,7-12H,3,6,13-14H2,(H,25,30)(H,26,28). The predicted octanol–water partition coefficient (Wildman–Crippen LogP) is 4.60. The van der Waals surface area contributed by atoms with Crippen molar-refractivity contribution in [3.63, 3.8) is 0 Å². The largest absolute Gasteiger partial charge is 0.444 e. The molecule has 3 aromatic rings. The van der Waals surface area contributed by atoms with E-state index in [1.165, 1.54) is 0 Å². The molecule has 0 radical (unpaired) electrons. The summed E-state index contributed by atoms with van der Waals surface area (Å²) in [5, 5.41) is 5.65. The first-order valence-corrected chi connectivity index (χ1v) is 10.6. The number of hydrogen-bond acceptors (Lipinski definition) is 4. The van der Waals surface area contributed by atoms with Crippen molar-refractivity contribution < 1.29 is 18.8 Å². The topological polar surface area (TPSA) is 91.7 Å². The molecule has 0 aliphatic carbocycles. The van der Waals surface area contributed by atoms with Crippen LogP contribution in [0, 0.1) is 0 Å². The Morgan fingerprint density at radius 2 is 1.77 bits per heavy atom. The van der Waals surface area contributed by atoms with Crippen LogP contribution in [-0.4, -0.2) is 24.3 Å². The van der Waals surface area contributed by atoms with Crippen molar-refractivity contribution in [3.8, 4) is 0 Å². The quantitative estimate of drug-likeness (QED) is 0.537. The van der Waals surface area contributed by atoms with E-state index in [-0.39, 0.29) is 29.9 Å². The van der Waals surface area contributed by atoms with E-state index in [0.29, 0.717) is 29.0 Å². The second kappa shape index (κ2) is 9.18. The highest BCUT2D eigenvalue weighted by Gasteiger charge is 2.24. The molecular weight excluding hydrogens is 462 g/mol. The number of nitrogens with zero attached hydrogens (tertiary/aromatic N) is 1. The Balaban J connectivity index is 1.37. The minimum atomic E-state index is -0.357. The molecular formula is C23H20BrN3O4. The molecule has 7 nitrogen and oxygen atoms in total. The number of anilines is 3. The van der Waals surface area contributed by atoms with Crippen LogP contribution in [0.15, 0.2) is 69.8 Å². The van der Waals surface area contributed by atoms with E-state index in [9.17, 15) is 14.4 Å². The molecule has 0 unspecified atom stereocenters. The van der Waals surface area contributed by atoms with Crippen molar-refractivity contribution in [1.29, 1.82) is 0 Å². The lowest BCUT2D eigenvalue weighted by Gasteiger charge is -2.20. The lowest BCUT2D eigenvalue weighted by Crippen LogP contribution is -2.25. The number of halogens is 1. The Morgan fingerprint density at radius 3 is 2.45 bits per heavy atom. The van der Waals surface area contributed by atoms with E-state index < -0.39 is 0 Å². The monoisotopic (exact) mass is 481 g/mol. The number of furan rings is 1. The average molecular weight is 482 g/mol. The maximum atomic E-state index is 12.6. The van der Waals surface area contributed by atoms with Crippen LogP contribution in [0.3, 0.4) is 0 Å². The van der Waals surface area contributed by atoms with Crippen LogP contribution in [-0.2, 0) is 16.0 Å². The van der Waals surface area contributed by atoms with E-state index in [1.807, 2.05) is 18.2 Å². The van der Waals surface area contributed by atoms with Crippen LogP contribution >= 0.6 is 15.9 Å². The van der Waals surface area contributed by atoms with Gasteiger partial charge in [0.25, 0.3) is 5.91 Å². The molecule has 1 aliphatic rings. The molecule has 1 aromatic heterocycles. The smallest absolute Gasteiger partial charge is 0.291 e. The van der Waals surface area contributed by atoms with E-state index >= 15 is 0 Å². The lowest BCUT2D eigenvalue weighted by molar-refractivity contribution is -0.117.